The molecule has 0 fully saturated rings. The lowest BCUT2D eigenvalue weighted by molar-refractivity contribution is 0.597. The number of fused-ring (bicyclic) bond motifs is 7. The lowest BCUT2D eigenvalue weighted by atomic mass is 9.66. The zero-order chi connectivity index (χ0) is 30.5. The van der Waals surface area contributed by atoms with Crippen molar-refractivity contribution < 1.29 is 0 Å². The van der Waals surface area contributed by atoms with E-state index >= 15 is 0 Å². The van der Waals surface area contributed by atoms with Gasteiger partial charge in [-0.1, -0.05) is 137 Å². The minimum atomic E-state index is -0.140. The molecular formula is C44H35N. The van der Waals surface area contributed by atoms with E-state index in [-0.39, 0.29) is 10.8 Å². The summed E-state index contributed by atoms with van der Waals surface area (Å²) in [5.74, 6) is 0. The highest BCUT2D eigenvalue weighted by Crippen LogP contribution is 2.60. The largest absolute Gasteiger partial charge is 0.309 e. The van der Waals surface area contributed by atoms with Crippen LogP contribution in [0.2, 0.25) is 0 Å². The van der Waals surface area contributed by atoms with Crippen LogP contribution in [0.1, 0.15) is 49.9 Å². The number of rotatable bonds is 2. The first-order chi connectivity index (χ1) is 21.8. The molecule has 7 aromatic carbocycles. The van der Waals surface area contributed by atoms with E-state index in [2.05, 4.69) is 172 Å². The number of benzene rings is 7. The molecule has 45 heavy (non-hydrogen) atoms. The van der Waals surface area contributed by atoms with Gasteiger partial charge in [0, 0.05) is 10.8 Å². The molecule has 0 bridgehead atoms. The van der Waals surface area contributed by atoms with E-state index in [0.29, 0.717) is 0 Å². The van der Waals surface area contributed by atoms with E-state index in [4.69, 9.17) is 0 Å². The lowest BCUT2D eigenvalue weighted by Gasteiger charge is -2.49. The van der Waals surface area contributed by atoms with Crippen molar-refractivity contribution in [3.05, 3.63) is 162 Å². The second-order valence-corrected chi connectivity index (χ2v) is 13.8. The fourth-order valence-electron chi connectivity index (χ4n) is 8.12. The first-order valence-electron chi connectivity index (χ1n) is 16.0. The molecule has 1 nitrogen and oxygen atoms in total. The Morgan fingerprint density at radius 2 is 0.889 bits per heavy atom. The average Bonchev–Trinajstić information content (AvgIpc) is 3.08. The van der Waals surface area contributed by atoms with Crippen LogP contribution in [0.4, 0.5) is 17.1 Å². The molecule has 0 radical (unpaired) electrons. The van der Waals surface area contributed by atoms with Gasteiger partial charge in [-0.3, -0.25) is 0 Å². The van der Waals surface area contributed by atoms with Gasteiger partial charge in [0.25, 0.3) is 0 Å². The summed E-state index contributed by atoms with van der Waals surface area (Å²) in [5.41, 5.74) is 14.3. The maximum Gasteiger partial charge on any atom is 0.0543 e. The van der Waals surface area contributed by atoms with Crippen LogP contribution in [0.15, 0.2) is 140 Å². The summed E-state index contributed by atoms with van der Waals surface area (Å²) in [4.78, 5) is 2.53. The van der Waals surface area contributed by atoms with Crippen LogP contribution in [0.5, 0.6) is 0 Å². The summed E-state index contributed by atoms with van der Waals surface area (Å²) in [6.07, 6.45) is 0. The second kappa shape index (κ2) is 9.19. The van der Waals surface area contributed by atoms with Gasteiger partial charge in [-0.2, -0.15) is 0 Å². The zero-order valence-corrected chi connectivity index (χ0v) is 26.2. The molecule has 2 heterocycles. The molecule has 0 aliphatic carbocycles. The van der Waals surface area contributed by atoms with E-state index in [1.807, 2.05) is 0 Å². The smallest absolute Gasteiger partial charge is 0.0543 e. The lowest BCUT2D eigenvalue weighted by Crippen LogP contribution is -2.38. The van der Waals surface area contributed by atoms with Gasteiger partial charge in [0.1, 0.15) is 0 Å². The molecule has 7 aromatic rings. The van der Waals surface area contributed by atoms with Crippen LogP contribution in [-0.4, -0.2) is 0 Å². The van der Waals surface area contributed by atoms with Crippen molar-refractivity contribution in [2.24, 2.45) is 0 Å². The Morgan fingerprint density at radius 1 is 0.378 bits per heavy atom. The third-order valence-electron chi connectivity index (χ3n) is 10.6. The van der Waals surface area contributed by atoms with Gasteiger partial charge in [0.15, 0.2) is 0 Å². The molecule has 0 unspecified atom stereocenters. The molecule has 0 aromatic heterocycles. The van der Waals surface area contributed by atoms with Gasteiger partial charge < -0.3 is 4.90 Å². The highest BCUT2D eigenvalue weighted by molar-refractivity contribution is 6.09. The predicted octanol–water partition coefficient (Wildman–Crippen LogP) is 12.1. The molecule has 2 aliphatic heterocycles. The Bertz CT molecular complexity index is 2320. The molecule has 0 spiro atoms. The number of nitrogens with zero attached hydrogens (tertiary/aromatic N) is 1. The molecule has 0 atom stereocenters. The number of hydrogen-bond acceptors (Lipinski definition) is 1. The molecule has 0 saturated heterocycles. The molecule has 9 rings (SSSR count). The zero-order valence-electron chi connectivity index (χ0n) is 26.2. The summed E-state index contributed by atoms with van der Waals surface area (Å²) >= 11 is 0. The third-order valence-corrected chi connectivity index (χ3v) is 10.6. The summed E-state index contributed by atoms with van der Waals surface area (Å²) < 4.78 is 0. The van der Waals surface area contributed by atoms with E-state index in [1.54, 1.807) is 0 Å². The SMILES string of the molecule is CC1(C)c2ccccc2N2c3ccc(-c4ccc5c(ccc6cc(-c7ccccc7)ccc65)c4)cc3C(C)(C)c3cccc1c32. The summed E-state index contributed by atoms with van der Waals surface area (Å²) in [5, 5.41) is 5.13. The number of para-hydroxylation sites is 2. The van der Waals surface area contributed by atoms with Crippen LogP contribution in [0, 0.1) is 0 Å². The van der Waals surface area contributed by atoms with Gasteiger partial charge in [-0.05, 0) is 96.4 Å². The summed E-state index contributed by atoms with van der Waals surface area (Å²) in [7, 11) is 0. The molecule has 0 saturated carbocycles. The average molecular weight is 578 g/mol. The Labute approximate surface area is 265 Å². The fourth-order valence-corrected chi connectivity index (χ4v) is 8.12. The minimum absolute atomic E-state index is 0.0651. The molecule has 1 heteroatoms. The summed E-state index contributed by atoms with van der Waals surface area (Å²) in [6.45, 7) is 9.53. The molecule has 216 valence electrons. The van der Waals surface area contributed by atoms with Gasteiger partial charge in [-0.25, -0.2) is 0 Å². The quantitative estimate of drug-likeness (QED) is 0.185. The maximum absolute atomic E-state index is 2.53. The molecular weight excluding hydrogens is 542 g/mol. The van der Waals surface area contributed by atoms with Crippen LogP contribution in [0.3, 0.4) is 0 Å². The normalized spacial score (nSPS) is 15.4. The Hall–Kier alpha value is -5.14. The van der Waals surface area contributed by atoms with E-state index in [0.717, 1.165) is 0 Å². The Balaban J connectivity index is 1.18. The van der Waals surface area contributed by atoms with Crippen molar-refractivity contribution >= 4 is 38.6 Å². The van der Waals surface area contributed by atoms with Crippen LogP contribution >= 0.6 is 0 Å². The van der Waals surface area contributed by atoms with Crippen LogP contribution < -0.4 is 4.90 Å². The molecule has 0 amide bonds. The first-order valence-corrected chi connectivity index (χ1v) is 16.0. The molecule has 2 aliphatic rings. The predicted molar refractivity (Wildman–Crippen MR) is 191 cm³/mol. The first kappa shape index (κ1) is 26.3. The van der Waals surface area contributed by atoms with E-state index < -0.39 is 0 Å². The van der Waals surface area contributed by atoms with Gasteiger partial charge in [0.2, 0.25) is 0 Å². The van der Waals surface area contributed by atoms with Crippen molar-refractivity contribution in [3.8, 4) is 22.3 Å². The van der Waals surface area contributed by atoms with Gasteiger partial charge in [0.05, 0.1) is 17.1 Å². The Kier molecular flexibility index (Phi) is 5.37. The monoisotopic (exact) mass is 577 g/mol. The topological polar surface area (TPSA) is 3.24 Å². The van der Waals surface area contributed by atoms with Crippen molar-refractivity contribution in [1.82, 2.24) is 0 Å². The Morgan fingerprint density at radius 3 is 1.58 bits per heavy atom. The van der Waals surface area contributed by atoms with Gasteiger partial charge >= 0.3 is 0 Å². The van der Waals surface area contributed by atoms with Crippen molar-refractivity contribution in [2.45, 2.75) is 38.5 Å². The molecule has 0 N–H and O–H groups in total. The summed E-state index contributed by atoms with van der Waals surface area (Å²) in [6, 6.07) is 52.0. The van der Waals surface area contributed by atoms with Gasteiger partial charge in [-0.15, -0.1) is 0 Å². The number of anilines is 3. The standard InChI is InChI=1S/C44H35N/c1-43(2)36-13-8-9-16-40(36)45-41-24-21-31(27-39(41)44(3,4)38-15-10-14-37(43)42(38)45)30-20-23-35-33(26-30)18-17-32-25-29(19-22-34(32)35)28-11-6-5-7-12-28/h5-27H,1-4H3. The minimum Gasteiger partial charge on any atom is -0.309 e. The van der Waals surface area contributed by atoms with E-state index in [1.165, 1.54) is 83.1 Å². The van der Waals surface area contributed by atoms with E-state index in [9.17, 15) is 0 Å². The number of hydrogen-bond donors (Lipinski definition) is 0. The highest BCUT2D eigenvalue weighted by Gasteiger charge is 2.45. The van der Waals surface area contributed by atoms with Crippen molar-refractivity contribution in [2.75, 3.05) is 4.90 Å². The van der Waals surface area contributed by atoms with Crippen molar-refractivity contribution in [3.63, 3.8) is 0 Å². The van der Waals surface area contributed by atoms with Crippen LogP contribution in [0.25, 0.3) is 43.8 Å². The highest BCUT2D eigenvalue weighted by atomic mass is 15.2. The maximum atomic E-state index is 2.53. The van der Waals surface area contributed by atoms with Crippen LogP contribution in [-0.2, 0) is 10.8 Å². The second-order valence-electron chi connectivity index (χ2n) is 13.8. The van der Waals surface area contributed by atoms with Crippen molar-refractivity contribution in [1.29, 1.82) is 0 Å². The fraction of sp³-hybridized carbons (Fsp3) is 0.136. The third kappa shape index (κ3) is 3.68.